The van der Waals surface area contributed by atoms with Gasteiger partial charge in [0.15, 0.2) is 17.7 Å². The molecule has 3 aromatic rings. The second-order valence-corrected chi connectivity index (χ2v) is 12.9. The molecule has 0 bridgehead atoms. The Balaban J connectivity index is 1.53. The maximum Gasteiger partial charge on any atom is 0.336 e. The standard InChI is InChI=1S/C38H45NO6/c1-5-45-37(44)34(41)24-39-36(43)30-17-15-29(16-18-30)35(42)32(23-33(40)28-19-21-31(22-20-28)38(2,3)4)27-13-11-26(12-14-27)25-9-7-6-8-10-25/h11-22,25,32,34,41H,5-10,23-24H2,1-4H3,(H,39,43)/t32?,34-/m1/s1. The highest BCUT2D eigenvalue weighted by molar-refractivity contribution is 6.06. The first-order valence-electron chi connectivity index (χ1n) is 16.0. The quantitative estimate of drug-likeness (QED) is 0.170. The fourth-order valence-corrected chi connectivity index (χ4v) is 5.86. The van der Waals surface area contributed by atoms with Crippen molar-refractivity contribution in [2.45, 2.75) is 89.6 Å². The number of Topliss-reactive ketones (excluding diaryl/α,β-unsaturated/α-hetero) is 2. The molecule has 2 atom stereocenters. The van der Waals surface area contributed by atoms with Crippen LogP contribution in [-0.4, -0.2) is 47.8 Å². The van der Waals surface area contributed by atoms with Gasteiger partial charge in [-0.05, 0) is 59.9 Å². The van der Waals surface area contributed by atoms with E-state index in [1.54, 1.807) is 19.1 Å². The fraction of sp³-hybridized carbons (Fsp3) is 0.421. The van der Waals surface area contributed by atoms with Crippen LogP contribution in [0.2, 0.25) is 0 Å². The van der Waals surface area contributed by atoms with Gasteiger partial charge in [-0.3, -0.25) is 14.4 Å². The molecule has 7 heteroatoms. The molecule has 238 valence electrons. The van der Waals surface area contributed by atoms with Gasteiger partial charge in [0, 0.05) is 23.1 Å². The third-order valence-electron chi connectivity index (χ3n) is 8.64. The first-order chi connectivity index (χ1) is 21.5. The Labute approximate surface area is 266 Å². The number of aliphatic hydroxyl groups excluding tert-OH is 1. The fourth-order valence-electron chi connectivity index (χ4n) is 5.86. The number of carbonyl (C=O) groups excluding carboxylic acids is 4. The Hall–Kier alpha value is -4.10. The molecule has 1 aliphatic carbocycles. The first-order valence-corrected chi connectivity index (χ1v) is 16.0. The number of benzene rings is 3. The van der Waals surface area contributed by atoms with Crippen molar-refractivity contribution in [3.05, 3.63) is 106 Å². The summed E-state index contributed by atoms with van der Waals surface area (Å²) in [5, 5.41) is 12.4. The normalized spacial score (nSPS) is 15.1. The van der Waals surface area contributed by atoms with Crippen LogP contribution in [0, 0.1) is 0 Å². The van der Waals surface area contributed by atoms with Gasteiger partial charge in [-0.15, -0.1) is 0 Å². The molecule has 45 heavy (non-hydrogen) atoms. The van der Waals surface area contributed by atoms with Crippen LogP contribution in [0.15, 0.2) is 72.8 Å². The van der Waals surface area contributed by atoms with Crippen molar-refractivity contribution in [3.8, 4) is 0 Å². The average molecular weight is 612 g/mol. The molecule has 1 fully saturated rings. The number of esters is 1. The molecule has 0 spiro atoms. The summed E-state index contributed by atoms with van der Waals surface area (Å²) < 4.78 is 4.75. The lowest BCUT2D eigenvalue weighted by Gasteiger charge is -2.23. The number of ketones is 2. The molecule has 0 heterocycles. The van der Waals surface area contributed by atoms with E-state index in [0.29, 0.717) is 17.0 Å². The number of amides is 1. The van der Waals surface area contributed by atoms with Gasteiger partial charge in [-0.25, -0.2) is 4.79 Å². The number of hydrogen-bond acceptors (Lipinski definition) is 6. The second kappa shape index (κ2) is 15.3. The Kier molecular flexibility index (Phi) is 11.5. The number of ether oxygens (including phenoxy) is 1. The minimum Gasteiger partial charge on any atom is -0.464 e. The van der Waals surface area contributed by atoms with Crippen molar-refractivity contribution < 1.29 is 29.0 Å². The summed E-state index contributed by atoms with van der Waals surface area (Å²) in [6.07, 6.45) is 4.64. The van der Waals surface area contributed by atoms with Crippen molar-refractivity contribution in [2.75, 3.05) is 13.2 Å². The molecule has 2 N–H and O–H groups in total. The van der Waals surface area contributed by atoms with Crippen molar-refractivity contribution in [2.24, 2.45) is 0 Å². The maximum atomic E-state index is 14.0. The van der Waals surface area contributed by atoms with Crippen LogP contribution >= 0.6 is 0 Å². The summed E-state index contributed by atoms with van der Waals surface area (Å²) in [7, 11) is 0. The lowest BCUT2D eigenvalue weighted by Crippen LogP contribution is -2.37. The molecule has 1 saturated carbocycles. The van der Waals surface area contributed by atoms with Gasteiger partial charge in [-0.2, -0.15) is 0 Å². The second-order valence-electron chi connectivity index (χ2n) is 12.9. The van der Waals surface area contributed by atoms with Gasteiger partial charge >= 0.3 is 5.97 Å². The smallest absolute Gasteiger partial charge is 0.336 e. The van der Waals surface area contributed by atoms with Crippen LogP contribution in [0.3, 0.4) is 0 Å². The molecular weight excluding hydrogens is 566 g/mol. The molecule has 0 saturated heterocycles. The van der Waals surface area contributed by atoms with E-state index >= 15 is 0 Å². The average Bonchev–Trinajstić information content (AvgIpc) is 3.06. The summed E-state index contributed by atoms with van der Waals surface area (Å²) in [6.45, 7) is 7.82. The van der Waals surface area contributed by atoms with E-state index in [2.05, 4.69) is 38.2 Å². The predicted molar refractivity (Wildman–Crippen MR) is 175 cm³/mol. The first kappa shape index (κ1) is 33.8. The molecule has 1 amide bonds. The van der Waals surface area contributed by atoms with Crippen LogP contribution in [0.4, 0.5) is 0 Å². The zero-order chi connectivity index (χ0) is 32.6. The number of aliphatic hydroxyl groups is 1. The molecule has 7 nitrogen and oxygen atoms in total. The maximum absolute atomic E-state index is 14.0. The number of carbonyl (C=O) groups is 4. The number of rotatable bonds is 12. The Morgan fingerprint density at radius 1 is 0.822 bits per heavy atom. The summed E-state index contributed by atoms with van der Waals surface area (Å²) in [5.74, 6) is -1.79. The summed E-state index contributed by atoms with van der Waals surface area (Å²) >= 11 is 0. The van der Waals surface area contributed by atoms with Crippen molar-refractivity contribution >= 4 is 23.4 Å². The zero-order valence-electron chi connectivity index (χ0n) is 26.8. The van der Waals surface area contributed by atoms with E-state index in [4.69, 9.17) is 4.74 Å². The van der Waals surface area contributed by atoms with Crippen LogP contribution < -0.4 is 5.32 Å². The summed E-state index contributed by atoms with van der Waals surface area (Å²) in [5.41, 5.74) is 4.37. The van der Waals surface area contributed by atoms with Crippen molar-refractivity contribution in [1.82, 2.24) is 5.32 Å². The van der Waals surface area contributed by atoms with Crippen molar-refractivity contribution in [1.29, 1.82) is 0 Å². The highest BCUT2D eigenvalue weighted by Crippen LogP contribution is 2.34. The van der Waals surface area contributed by atoms with E-state index < -0.39 is 23.9 Å². The van der Waals surface area contributed by atoms with Gasteiger partial charge < -0.3 is 15.2 Å². The van der Waals surface area contributed by atoms with Crippen LogP contribution in [0.25, 0.3) is 0 Å². The van der Waals surface area contributed by atoms with Gasteiger partial charge in [-0.1, -0.05) is 101 Å². The largest absolute Gasteiger partial charge is 0.464 e. The Bertz CT molecular complexity index is 1460. The van der Waals surface area contributed by atoms with Crippen LogP contribution in [0.5, 0.6) is 0 Å². The third-order valence-corrected chi connectivity index (χ3v) is 8.64. The Morgan fingerprint density at radius 2 is 1.40 bits per heavy atom. The van der Waals surface area contributed by atoms with E-state index in [1.165, 1.54) is 49.8 Å². The molecule has 0 aromatic heterocycles. The minimum atomic E-state index is -1.47. The molecule has 0 aliphatic heterocycles. The molecule has 0 radical (unpaired) electrons. The van der Waals surface area contributed by atoms with Gasteiger partial charge in [0.1, 0.15) is 0 Å². The third kappa shape index (κ3) is 8.98. The SMILES string of the molecule is CCOC(=O)[C@H](O)CNC(=O)c1ccc(C(=O)C(CC(=O)c2ccc(C(C)(C)C)cc2)c2ccc(C3CCCCC3)cc2)cc1. The highest BCUT2D eigenvalue weighted by atomic mass is 16.5. The number of hydrogen-bond donors (Lipinski definition) is 2. The lowest BCUT2D eigenvalue weighted by atomic mass is 9.81. The monoisotopic (exact) mass is 611 g/mol. The van der Waals surface area contributed by atoms with E-state index in [0.717, 1.165) is 11.1 Å². The summed E-state index contributed by atoms with van der Waals surface area (Å²) in [6, 6.07) is 22.0. The minimum absolute atomic E-state index is 0.0183. The topological polar surface area (TPSA) is 110 Å². The zero-order valence-corrected chi connectivity index (χ0v) is 26.8. The van der Waals surface area contributed by atoms with Crippen molar-refractivity contribution in [3.63, 3.8) is 0 Å². The molecule has 1 aliphatic rings. The van der Waals surface area contributed by atoms with Gasteiger partial charge in [0.05, 0.1) is 19.1 Å². The number of nitrogens with one attached hydrogen (secondary N) is 1. The van der Waals surface area contributed by atoms with E-state index in [9.17, 15) is 24.3 Å². The molecule has 3 aromatic carbocycles. The summed E-state index contributed by atoms with van der Waals surface area (Å²) in [4.78, 5) is 51.8. The predicted octanol–water partition coefficient (Wildman–Crippen LogP) is 6.93. The highest BCUT2D eigenvalue weighted by Gasteiger charge is 2.27. The van der Waals surface area contributed by atoms with E-state index in [-0.39, 0.29) is 42.1 Å². The van der Waals surface area contributed by atoms with Gasteiger partial charge in [0.25, 0.3) is 5.91 Å². The van der Waals surface area contributed by atoms with Crippen LogP contribution in [0.1, 0.15) is 126 Å². The lowest BCUT2D eigenvalue weighted by molar-refractivity contribution is -0.152. The molecule has 1 unspecified atom stereocenters. The Morgan fingerprint density at radius 3 is 1.98 bits per heavy atom. The molecular formula is C38H45NO6. The van der Waals surface area contributed by atoms with Gasteiger partial charge in [0.2, 0.25) is 0 Å². The molecule has 4 rings (SSSR count). The van der Waals surface area contributed by atoms with Crippen LogP contribution in [-0.2, 0) is 14.9 Å². The van der Waals surface area contributed by atoms with E-state index in [1.807, 2.05) is 36.4 Å².